The number of benzene rings is 1. The number of hydrogen-bond acceptors (Lipinski definition) is 4. The molecular weight excluding hydrogens is 226 g/mol. The minimum Gasteiger partial charge on any atom is -0.493 e. The Morgan fingerprint density at radius 3 is 2.69 bits per heavy atom. The Labute approximate surface area is 88.1 Å². The molecule has 0 unspecified atom stereocenters. The van der Waals surface area contributed by atoms with Gasteiger partial charge in [0.2, 0.25) is 5.75 Å². The lowest BCUT2D eigenvalue weighted by Gasteiger charge is -2.06. The van der Waals surface area contributed by atoms with E-state index in [1.807, 2.05) is 0 Å². The Morgan fingerprint density at radius 1 is 1.44 bits per heavy atom. The van der Waals surface area contributed by atoms with E-state index in [1.165, 1.54) is 7.11 Å². The Bertz CT molecular complexity index is 457. The lowest BCUT2D eigenvalue weighted by atomic mass is 10.2. The summed E-state index contributed by atoms with van der Waals surface area (Å²) in [5, 5.41) is 8.73. The second-order valence-corrected chi connectivity index (χ2v) is 2.98. The highest BCUT2D eigenvalue weighted by molar-refractivity contribution is 5.89. The molecule has 2 rings (SSSR count). The second-order valence-electron chi connectivity index (χ2n) is 2.98. The van der Waals surface area contributed by atoms with E-state index in [-0.39, 0.29) is 22.8 Å². The average molecular weight is 232 g/mol. The summed E-state index contributed by atoms with van der Waals surface area (Å²) >= 11 is 0. The molecule has 0 amide bonds. The minimum absolute atomic E-state index is 0.118. The van der Waals surface area contributed by atoms with Gasteiger partial charge < -0.3 is 19.3 Å². The fourth-order valence-electron chi connectivity index (χ4n) is 1.30. The van der Waals surface area contributed by atoms with E-state index in [0.29, 0.717) is 0 Å². The summed E-state index contributed by atoms with van der Waals surface area (Å²) in [6.07, 6.45) is -3.80. The number of carboxylic acids is 1. The molecule has 0 bridgehead atoms. The number of aromatic carboxylic acids is 1. The van der Waals surface area contributed by atoms with Crippen molar-refractivity contribution in [3.63, 3.8) is 0 Å². The molecule has 16 heavy (non-hydrogen) atoms. The fourth-order valence-corrected chi connectivity index (χ4v) is 1.30. The minimum atomic E-state index is -3.80. The maximum atomic E-state index is 12.7. The summed E-state index contributed by atoms with van der Waals surface area (Å²) < 4.78 is 38.5. The quantitative estimate of drug-likeness (QED) is 0.840. The highest BCUT2D eigenvalue weighted by atomic mass is 19.3. The zero-order chi connectivity index (χ0) is 11.9. The van der Waals surface area contributed by atoms with Crippen LogP contribution in [0.4, 0.5) is 8.78 Å². The predicted octanol–water partition coefficient (Wildman–Crippen LogP) is 1.71. The Kier molecular flexibility index (Phi) is 2.11. The highest BCUT2D eigenvalue weighted by Crippen LogP contribution is 2.47. The third kappa shape index (κ3) is 1.60. The number of halogens is 2. The number of hydrogen-bond donors (Lipinski definition) is 1. The van der Waals surface area contributed by atoms with Gasteiger partial charge in [0.25, 0.3) is 0 Å². The summed E-state index contributed by atoms with van der Waals surface area (Å²) in [5.74, 6) is -2.06. The van der Waals surface area contributed by atoms with E-state index in [9.17, 15) is 13.6 Å². The van der Waals surface area contributed by atoms with Crippen LogP contribution in [0.25, 0.3) is 0 Å². The van der Waals surface area contributed by atoms with Gasteiger partial charge in [-0.25, -0.2) is 4.79 Å². The zero-order valence-electron chi connectivity index (χ0n) is 7.99. The summed E-state index contributed by atoms with van der Waals surface area (Å²) in [4.78, 5) is 10.7. The van der Waals surface area contributed by atoms with Crippen LogP contribution in [0.5, 0.6) is 17.2 Å². The summed E-state index contributed by atoms with van der Waals surface area (Å²) in [5.41, 5.74) is -0.225. The maximum absolute atomic E-state index is 12.7. The molecule has 0 aliphatic carbocycles. The van der Waals surface area contributed by atoms with E-state index in [4.69, 9.17) is 9.84 Å². The van der Waals surface area contributed by atoms with Crippen LogP contribution in [0.1, 0.15) is 10.4 Å². The average Bonchev–Trinajstić information content (AvgIpc) is 2.49. The number of alkyl halides is 2. The van der Waals surface area contributed by atoms with Crippen molar-refractivity contribution >= 4 is 5.97 Å². The Hall–Kier alpha value is -2.05. The molecule has 0 fully saturated rings. The van der Waals surface area contributed by atoms with Crippen molar-refractivity contribution in [2.75, 3.05) is 7.11 Å². The maximum Gasteiger partial charge on any atom is 0.586 e. The zero-order valence-corrected chi connectivity index (χ0v) is 7.99. The standard InChI is InChI=1S/C9H6F2O5/c1-14-5-2-4(8(12)13)3-6-7(5)16-9(10,11)15-6/h2-3H,1H3,(H,12,13). The Balaban J connectivity index is 2.53. The van der Waals surface area contributed by atoms with Crippen molar-refractivity contribution in [1.82, 2.24) is 0 Å². The van der Waals surface area contributed by atoms with Crippen LogP contribution in [0.15, 0.2) is 12.1 Å². The molecule has 0 radical (unpaired) electrons. The first-order valence-electron chi connectivity index (χ1n) is 4.14. The SMILES string of the molecule is COc1cc(C(=O)O)cc2c1OC(F)(F)O2. The monoisotopic (exact) mass is 232 g/mol. The van der Waals surface area contributed by atoms with Gasteiger partial charge in [-0.15, -0.1) is 8.78 Å². The Morgan fingerprint density at radius 2 is 2.12 bits per heavy atom. The molecule has 86 valence electrons. The number of carbonyl (C=O) groups is 1. The van der Waals surface area contributed by atoms with Crippen molar-refractivity contribution in [2.45, 2.75) is 6.29 Å². The molecule has 1 aromatic rings. The summed E-state index contributed by atoms with van der Waals surface area (Å²) in [6, 6.07) is 2.02. The van der Waals surface area contributed by atoms with Gasteiger partial charge in [0.1, 0.15) is 0 Å². The van der Waals surface area contributed by atoms with Gasteiger partial charge >= 0.3 is 12.3 Å². The second kappa shape index (κ2) is 3.22. The van der Waals surface area contributed by atoms with E-state index in [0.717, 1.165) is 12.1 Å². The number of methoxy groups -OCH3 is 1. The number of ether oxygens (including phenoxy) is 3. The molecule has 1 N–H and O–H groups in total. The van der Waals surface area contributed by atoms with Gasteiger partial charge in [0.05, 0.1) is 12.7 Å². The van der Waals surface area contributed by atoms with Crippen molar-refractivity contribution in [3.05, 3.63) is 17.7 Å². The van der Waals surface area contributed by atoms with Crippen LogP contribution in [0, 0.1) is 0 Å². The first-order chi connectivity index (χ1) is 7.43. The first kappa shape index (κ1) is 10.5. The van der Waals surface area contributed by atoms with E-state index >= 15 is 0 Å². The van der Waals surface area contributed by atoms with Gasteiger partial charge in [-0.3, -0.25) is 0 Å². The van der Waals surface area contributed by atoms with Gasteiger partial charge in [0, 0.05) is 0 Å². The van der Waals surface area contributed by atoms with Gasteiger partial charge in [-0.2, -0.15) is 0 Å². The van der Waals surface area contributed by atoms with Crippen LogP contribution in [0.2, 0.25) is 0 Å². The van der Waals surface area contributed by atoms with E-state index < -0.39 is 12.3 Å². The molecule has 1 aromatic carbocycles. The van der Waals surface area contributed by atoms with Crippen molar-refractivity contribution in [2.24, 2.45) is 0 Å². The molecule has 1 aliphatic rings. The molecule has 0 aromatic heterocycles. The van der Waals surface area contributed by atoms with Gasteiger partial charge in [-0.05, 0) is 12.1 Å². The first-order valence-corrected chi connectivity index (χ1v) is 4.14. The lowest BCUT2D eigenvalue weighted by Crippen LogP contribution is -2.26. The molecule has 0 atom stereocenters. The predicted molar refractivity (Wildman–Crippen MR) is 46.2 cm³/mol. The number of carboxylic acid groups (broad SMARTS) is 1. The molecule has 0 saturated carbocycles. The smallest absolute Gasteiger partial charge is 0.493 e. The lowest BCUT2D eigenvalue weighted by molar-refractivity contribution is -0.287. The number of fused-ring (bicyclic) bond motifs is 1. The fraction of sp³-hybridized carbons (Fsp3) is 0.222. The van der Waals surface area contributed by atoms with Crippen LogP contribution in [0.3, 0.4) is 0 Å². The van der Waals surface area contributed by atoms with E-state index in [2.05, 4.69) is 9.47 Å². The third-order valence-corrected chi connectivity index (χ3v) is 1.94. The topological polar surface area (TPSA) is 65.0 Å². The largest absolute Gasteiger partial charge is 0.586 e. The van der Waals surface area contributed by atoms with Crippen molar-refractivity contribution < 1.29 is 32.9 Å². The molecule has 1 heterocycles. The molecular formula is C9H6F2O5. The van der Waals surface area contributed by atoms with E-state index in [1.54, 1.807) is 0 Å². The van der Waals surface area contributed by atoms with Crippen molar-refractivity contribution in [1.29, 1.82) is 0 Å². The van der Waals surface area contributed by atoms with Gasteiger partial charge in [0.15, 0.2) is 11.5 Å². The van der Waals surface area contributed by atoms with Crippen LogP contribution in [-0.4, -0.2) is 24.5 Å². The molecule has 5 nitrogen and oxygen atoms in total. The third-order valence-electron chi connectivity index (χ3n) is 1.94. The van der Waals surface area contributed by atoms with Crippen molar-refractivity contribution in [3.8, 4) is 17.2 Å². The normalized spacial score (nSPS) is 15.9. The molecule has 7 heteroatoms. The van der Waals surface area contributed by atoms with Crippen LogP contribution < -0.4 is 14.2 Å². The van der Waals surface area contributed by atoms with Gasteiger partial charge in [-0.1, -0.05) is 0 Å². The number of rotatable bonds is 2. The molecule has 0 saturated heterocycles. The van der Waals surface area contributed by atoms with Crippen LogP contribution >= 0.6 is 0 Å². The van der Waals surface area contributed by atoms with Crippen LogP contribution in [-0.2, 0) is 0 Å². The summed E-state index contributed by atoms with van der Waals surface area (Å²) in [7, 11) is 1.21. The highest BCUT2D eigenvalue weighted by Gasteiger charge is 2.45. The summed E-state index contributed by atoms with van der Waals surface area (Å²) in [6.45, 7) is 0. The molecule has 0 spiro atoms. The molecule has 1 aliphatic heterocycles.